The van der Waals surface area contributed by atoms with Gasteiger partial charge in [-0.05, 0) is 54.3 Å². The smallest absolute Gasteiger partial charge is 0.268 e. The molecule has 1 amide bonds. The van der Waals surface area contributed by atoms with Crippen molar-refractivity contribution in [2.24, 2.45) is 0 Å². The zero-order chi connectivity index (χ0) is 15.0. The van der Waals surface area contributed by atoms with Gasteiger partial charge in [-0.2, -0.15) is 0 Å². The second kappa shape index (κ2) is 5.93. The molecule has 0 saturated carbocycles. The van der Waals surface area contributed by atoms with Gasteiger partial charge < -0.3 is 0 Å². The molecular formula is C15H10ClNOS3. The van der Waals surface area contributed by atoms with Crippen LogP contribution in [0.1, 0.15) is 10.4 Å². The van der Waals surface area contributed by atoms with Crippen LogP contribution >= 0.6 is 46.9 Å². The van der Waals surface area contributed by atoms with E-state index >= 15 is 0 Å². The van der Waals surface area contributed by atoms with Gasteiger partial charge in [-0.3, -0.25) is 9.69 Å². The standard InChI is InChI=1S/C15H10ClNOS3/c1-9-6-7-20-12(9)8-13-14(18)17(15(19)21-13)11-4-2-10(16)3-5-11/h2-8H,1H3/b13-8+. The van der Waals surface area contributed by atoms with Gasteiger partial charge in [-0.25, -0.2) is 0 Å². The van der Waals surface area contributed by atoms with Gasteiger partial charge in [0.05, 0.1) is 10.6 Å². The molecule has 1 aliphatic rings. The number of benzene rings is 1. The number of rotatable bonds is 2. The molecule has 2 aromatic rings. The van der Waals surface area contributed by atoms with Crippen molar-refractivity contribution in [1.82, 2.24) is 0 Å². The number of anilines is 1. The number of thioether (sulfide) groups is 1. The number of halogens is 1. The van der Waals surface area contributed by atoms with E-state index in [9.17, 15) is 4.79 Å². The molecule has 1 aromatic heterocycles. The number of carbonyl (C=O) groups excluding carboxylic acids is 1. The van der Waals surface area contributed by atoms with Crippen molar-refractivity contribution in [3.63, 3.8) is 0 Å². The van der Waals surface area contributed by atoms with Crippen molar-refractivity contribution in [2.45, 2.75) is 6.92 Å². The van der Waals surface area contributed by atoms with E-state index in [0.717, 1.165) is 16.1 Å². The van der Waals surface area contributed by atoms with Crippen LogP contribution in [0, 0.1) is 6.92 Å². The largest absolute Gasteiger partial charge is 0.270 e. The lowest BCUT2D eigenvalue weighted by Crippen LogP contribution is -2.27. The molecule has 1 saturated heterocycles. The van der Waals surface area contributed by atoms with Crippen LogP contribution in [0.15, 0.2) is 40.6 Å². The van der Waals surface area contributed by atoms with Crippen LogP contribution in [-0.2, 0) is 4.79 Å². The number of nitrogens with zero attached hydrogens (tertiary/aromatic N) is 1. The van der Waals surface area contributed by atoms with Crippen LogP contribution in [0.2, 0.25) is 5.02 Å². The maximum absolute atomic E-state index is 12.6. The van der Waals surface area contributed by atoms with Gasteiger partial charge in [0.1, 0.15) is 0 Å². The lowest BCUT2D eigenvalue weighted by atomic mass is 10.2. The number of thiocarbonyl (C=S) groups is 1. The molecular weight excluding hydrogens is 342 g/mol. The molecule has 21 heavy (non-hydrogen) atoms. The van der Waals surface area contributed by atoms with Gasteiger partial charge in [-0.15, -0.1) is 11.3 Å². The van der Waals surface area contributed by atoms with Gasteiger partial charge in [0.25, 0.3) is 5.91 Å². The van der Waals surface area contributed by atoms with E-state index in [1.807, 2.05) is 24.4 Å². The first kappa shape index (κ1) is 14.8. The second-order valence-corrected chi connectivity index (χ2v) is 7.52. The third-order valence-electron chi connectivity index (χ3n) is 3.04. The first-order valence-electron chi connectivity index (χ1n) is 6.14. The van der Waals surface area contributed by atoms with Crippen LogP contribution in [0.25, 0.3) is 6.08 Å². The third kappa shape index (κ3) is 2.92. The zero-order valence-corrected chi connectivity index (χ0v) is 14.2. The Morgan fingerprint density at radius 3 is 2.57 bits per heavy atom. The third-order valence-corrected chi connectivity index (χ3v) is 5.56. The number of hydrogen-bond donors (Lipinski definition) is 0. The minimum absolute atomic E-state index is 0.0832. The molecule has 0 aliphatic carbocycles. The Labute approximate surface area is 141 Å². The molecule has 0 atom stereocenters. The average molecular weight is 352 g/mol. The van der Waals surface area contributed by atoms with E-state index < -0.39 is 0 Å². The summed E-state index contributed by atoms with van der Waals surface area (Å²) >= 11 is 14.2. The predicted molar refractivity (Wildman–Crippen MR) is 96.2 cm³/mol. The summed E-state index contributed by atoms with van der Waals surface area (Å²) in [6.45, 7) is 2.03. The van der Waals surface area contributed by atoms with Crippen LogP contribution in [-0.4, -0.2) is 10.2 Å². The van der Waals surface area contributed by atoms with E-state index in [0.29, 0.717) is 14.2 Å². The van der Waals surface area contributed by atoms with Crippen molar-refractivity contribution >= 4 is 68.9 Å². The molecule has 0 bridgehead atoms. The highest BCUT2D eigenvalue weighted by Gasteiger charge is 2.33. The molecule has 1 fully saturated rings. The first-order chi connectivity index (χ1) is 10.1. The Hall–Kier alpha value is -1.14. The van der Waals surface area contributed by atoms with Gasteiger partial charge in [0, 0.05) is 9.90 Å². The summed E-state index contributed by atoms with van der Waals surface area (Å²) in [5.41, 5.74) is 1.91. The summed E-state index contributed by atoms with van der Waals surface area (Å²) in [4.78, 5) is 15.8. The number of aryl methyl sites for hydroxylation is 1. The van der Waals surface area contributed by atoms with Crippen molar-refractivity contribution in [2.75, 3.05) is 4.90 Å². The van der Waals surface area contributed by atoms with Crippen molar-refractivity contribution < 1.29 is 4.79 Å². The number of hydrogen-bond acceptors (Lipinski definition) is 4. The summed E-state index contributed by atoms with van der Waals surface area (Å²) in [5, 5.41) is 2.65. The number of thiophene rings is 1. The lowest BCUT2D eigenvalue weighted by Gasteiger charge is -2.14. The van der Waals surface area contributed by atoms with Crippen molar-refractivity contribution in [3.8, 4) is 0 Å². The number of amides is 1. The summed E-state index contributed by atoms with van der Waals surface area (Å²) in [6, 6.07) is 9.14. The highest BCUT2D eigenvalue weighted by Crippen LogP contribution is 2.37. The Kier molecular flexibility index (Phi) is 4.17. The summed E-state index contributed by atoms with van der Waals surface area (Å²) in [5.74, 6) is -0.0832. The van der Waals surface area contributed by atoms with Gasteiger partial charge >= 0.3 is 0 Å². The molecule has 0 radical (unpaired) electrons. The molecule has 2 nitrogen and oxygen atoms in total. The fourth-order valence-corrected chi connectivity index (χ4v) is 4.27. The Morgan fingerprint density at radius 2 is 1.95 bits per heavy atom. The monoisotopic (exact) mass is 351 g/mol. The predicted octanol–water partition coefficient (Wildman–Crippen LogP) is 5.12. The van der Waals surface area contributed by atoms with Crippen LogP contribution in [0.4, 0.5) is 5.69 Å². The fraction of sp³-hybridized carbons (Fsp3) is 0.0667. The maximum Gasteiger partial charge on any atom is 0.270 e. The van der Waals surface area contributed by atoms with Gasteiger partial charge in [-0.1, -0.05) is 35.6 Å². The molecule has 106 valence electrons. The molecule has 1 aromatic carbocycles. The number of carbonyl (C=O) groups is 1. The Bertz CT molecular complexity index is 749. The van der Waals surface area contributed by atoms with Crippen LogP contribution in [0.5, 0.6) is 0 Å². The van der Waals surface area contributed by atoms with Gasteiger partial charge in [0.15, 0.2) is 4.32 Å². The molecule has 2 heterocycles. The van der Waals surface area contributed by atoms with E-state index in [1.54, 1.807) is 40.5 Å². The van der Waals surface area contributed by atoms with E-state index in [4.69, 9.17) is 23.8 Å². The molecule has 0 unspecified atom stereocenters. The average Bonchev–Trinajstić information content (AvgIpc) is 2.97. The Balaban J connectivity index is 1.94. The zero-order valence-electron chi connectivity index (χ0n) is 11.0. The quantitative estimate of drug-likeness (QED) is 0.553. The minimum atomic E-state index is -0.0832. The molecule has 0 spiro atoms. The first-order valence-corrected chi connectivity index (χ1v) is 8.62. The Morgan fingerprint density at radius 1 is 1.24 bits per heavy atom. The minimum Gasteiger partial charge on any atom is -0.268 e. The van der Waals surface area contributed by atoms with Crippen molar-refractivity contribution in [1.29, 1.82) is 0 Å². The van der Waals surface area contributed by atoms with E-state index in [1.165, 1.54) is 11.8 Å². The normalized spacial score (nSPS) is 17.0. The molecule has 1 aliphatic heterocycles. The van der Waals surface area contributed by atoms with Gasteiger partial charge in [0.2, 0.25) is 0 Å². The fourth-order valence-electron chi connectivity index (χ4n) is 1.93. The van der Waals surface area contributed by atoms with Crippen molar-refractivity contribution in [3.05, 3.63) is 56.1 Å². The lowest BCUT2D eigenvalue weighted by molar-refractivity contribution is -0.113. The maximum atomic E-state index is 12.6. The van der Waals surface area contributed by atoms with E-state index in [2.05, 4.69) is 0 Å². The van der Waals surface area contributed by atoms with Crippen LogP contribution in [0.3, 0.4) is 0 Å². The molecule has 0 N–H and O–H groups in total. The van der Waals surface area contributed by atoms with E-state index in [-0.39, 0.29) is 5.91 Å². The molecule has 3 rings (SSSR count). The highest BCUT2D eigenvalue weighted by molar-refractivity contribution is 8.27. The SMILES string of the molecule is Cc1ccsc1/C=C1/SC(=S)N(c2ccc(Cl)cc2)C1=O. The summed E-state index contributed by atoms with van der Waals surface area (Å²) < 4.78 is 0.544. The topological polar surface area (TPSA) is 20.3 Å². The summed E-state index contributed by atoms with van der Waals surface area (Å²) in [7, 11) is 0. The highest BCUT2D eigenvalue weighted by atomic mass is 35.5. The molecule has 6 heteroatoms. The summed E-state index contributed by atoms with van der Waals surface area (Å²) in [6.07, 6.45) is 1.91. The second-order valence-electron chi connectivity index (χ2n) is 4.46. The van der Waals surface area contributed by atoms with Crippen LogP contribution < -0.4 is 4.90 Å².